The lowest BCUT2D eigenvalue weighted by molar-refractivity contribution is 0.244. The summed E-state index contributed by atoms with van der Waals surface area (Å²) in [5.41, 5.74) is 7.65. The minimum Gasteiger partial charge on any atom is -0.489 e. The van der Waals surface area contributed by atoms with Gasteiger partial charge in [0.05, 0.1) is 11.8 Å². The van der Waals surface area contributed by atoms with Crippen LogP contribution in [-0.4, -0.2) is 37.2 Å². The molecule has 0 radical (unpaired) electrons. The highest BCUT2D eigenvalue weighted by molar-refractivity contribution is 5.61. The van der Waals surface area contributed by atoms with Crippen molar-refractivity contribution in [2.75, 3.05) is 31.2 Å². The van der Waals surface area contributed by atoms with Crippen LogP contribution in [0.1, 0.15) is 34.1 Å². The van der Waals surface area contributed by atoms with Crippen molar-refractivity contribution in [3.05, 3.63) is 18.2 Å². The van der Waals surface area contributed by atoms with Crippen LogP contribution in [0.2, 0.25) is 0 Å². The zero-order valence-electron chi connectivity index (χ0n) is 13.4. The van der Waals surface area contributed by atoms with Crippen molar-refractivity contribution in [2.45, 2.75) is 46.3 Å². The molecule has 0 fully saturated rings. The summed E-state index contributed by atoms with van der Waals surface area (Å²) in [4.78, 5) is 2.35. The lowest BCUT2D eigenvalue weighted by Gasteiger charge is -2.21. The number of nitrogens with one attached hydrogen (secondary N) is 1. The van der Waals surface area contributed by atoms with E-state index in [2.05, 4.69) is 31.1 Å². The molecule has 4 nitrogen and oxygen atoms in total. The van der Waals surface area contributed by atoms with E-state index in [1.165, 1.54) is 0 Å². The molecule has 0 aliphatic rings. The van der Waals surface area contributed by atoms with Crippen molar-refractivity contribution in [3.8, 4) is 5.75 Å². The van der Waals surface area contributed by atoms with Gasteiger partial charge in [0.1, 0.15) is 5.75 Å². The van der Waals surface area contributed by atoms with Crippen molar-refractivity contribution in [2.24, 2.45) is 0 Å². The van der Waals surface area contributed by atoms with E-state index in [1.54, 1.807) is 0 Å². The maximum Gasteiger partial charge on any atom is 0.144 e. The molecule has 0 bridgehead atoms. The highest BCUT2D eigenvalue weighted by atomic mass is 16.5. The monoisotopic (exact) mass is 279 g/mol. The summed E-state index contributed by atoms with van der Waals surface area (Å²) in [6.45, 7) is 10.5. The van der Waals surface area contributed by atoms with Crippen LogP contribution in [0.15, 0.2) is 18.2 Å². The maximum absolute atomic E-state index is 5.91. The third-order valence-electron chi connectivity index (χ3n) is 3.27. The minimum atomic E-state index is 0.132. The van der Waals surface area contributed by atoms with Gasteiger partial charge in [-0.3, -0.25) is 0 Å². The van der Waals surface area contributed by atoms with Gasteiger partial charge in [0.15, 0.2) is 0 Å². The van der Waals surface area contributed by atoms with E-state index in [0.29, 0.717) is 11.7 Å². The fourth-order valence-electron chi connectivity index (χ4n) is 1.82. The van der Waals surface area contributed by atoms with Gasteiger partial charge < -0.3 is 20.7 Å². The van der Waals surface area contributed by atoms with Crippen molar-refractivity contribution >= 4 is 11.4 Å². The molecule has 0 aliphatic heterocycles. The van der Waals surface area contributed by atoms with Gasteiger partial charge >= 0.3 is 0 Å². The summed E-state index contributed by atoms with van der Waals surface area (Å²) in [7, 11) is 2.16. The van der Waals surface area contributed by atoms with Crippen LogP contribution in [0, 0.1) is 0 Å². The molecular formula is C16H29N3O. The zero-order valence-corrected chi connectivity index (χ0v) is 13.4. The van der Waals surface area contributed by atoms with Gasteiger partial charge in [-0.25, -0.2) is 0 Å². The van der Waals surface area contributed by atoms with Crippen LogP contribution in [0.4, 0.5) is 11.4 Å². The molecule has 0 atom stereocenters. The summed E-state index contributed by atoms with van der Waals surface area (Å²) in [6, 6.07) is 6.45. The van der Waals surface area contributed by atoms with Crippen LogP contribution in [0.3, 0.4) is 0 Å². The fourth-order valence-corrected chi connectivity index (χ4v) is 1.82. The first kappa shape index (κ1) is 16.6. The molecule has 0 aromatic heterocycles. The predicted octanol–water partition coefficient (Wildman–Crippen LogP) is 3.20. The van der Waals surface area contributed by atoms with Crippen LogP contribution in [-0.2, 0) is 0 Å². The van der Waals surface area contributed by atoms with Gasteiger partial charge in [-0.2, -0.15) is 0 Å². The Morgan fingerprint density at radius 3 is 2.55 bits per heavy atom. The normalized spacial score (nSPS) is 11.4. The number of nitrogen functional groups attached to an aromatic ring is 1. The Hall–Kier alpha value is -1.42. The van der Waals surface area contributed by atoms with Gasteiger partial charge in [-0.15, -0.1) is 0 Å². The van der Waals surface area contributed by atoms with Crippen LogP contribution in [0.25, 0.3) is 0 Å². The third kappa shape index (κ3) is 5.70. The van der Waals surface area contributed by atoms with Crippen molar-refractivity contribution in [1.82, 2.24) is 4.90 Å². The maximum atomic E-state index is 5.91. The minimum absolute atomic E-state index is 0.132. The standard InChI is InChI=1S/C16H29N3O/c1-12(2)19(5)10-6-9-18-14-7-8-15(17)16(11-14)20-13(3)4/h7-8,11-13,18H,6,9-10,17H2,1-5H3. The van der Waals surface area contributed by atoms with Gasteiger partial charge in [0.25, 0.3) is 0 Å². The molecule has 0 saturated carbocycles. The summed E-state index contributed by atoms with van der Waals surface area (Å²) >= 11 is 0. The molecule has 0 saturated heterocycles. The van der Waals surface area contributed by atoms with Gasteiger partial charge in [-0.1, -0.05) is 0 Å². The number of hydrogen-bond donors (Lipinski definition) is 2. The number of nitrogens with two attached hydrogens (primary N) is 1. The average molecular weight is 279 g/mol. The number of nitrogens with zero attached hydrogens (tertiary/aromatic N) is 1. The molecule has 0 unspecified atom stereocenters. The highest BCUT2D eigenvalue weighted by Crippen LogP contribution is 2.26. The Morgan fingerprint density at radius 2 is 1.95 bits per heavy atom. The van der Waals surface area contributed by atoms with E-state index in [4.69, 9.17) is 10.5 Å². The fraction of sp³-hybridized carbons (Fsp3) is 0.625. The molecule has 0 heterocycles. The molecule has 0 aliphatic carbocycles. The van der Waals surface area contributed by atoms with Crippen LogP contribution < -0.4 is 15.8 Å². The molecule has 20 heavy (non-hydrogen) atoms. The Kier molecular flexibility index (Phi) is 6.65. The summed E-state index contributed by atoms with van der Waals surface area (Å²) in [5.74, 6) is 0.754. The summed E-state index contributed by atoms with van der Waals surface area (Å²) < 4.78 is 5.69. The highest BCUT2D eigenvalue weighted by Gasteiger charge is 2.05. The Labute approximate surface area is 123 Å². The van der Waals surface area contributed by atoms with Gasteiger partial charge in [0.2, 0.25) is 0 Å². The molecule has 4 heteroatoms. The lowest BCUT2D eigenvalue weighted by atomic mass is 10.2. The van der Waals surface area contributed by atoms with Crippen LogP contribution in [0.5, 0.6) is 5.75 Å². The van der Waals surface area contributed by atoms with E-state index >= 15 is 0 Å². The number of hydrogen-bond acceptors (Lipinski definition) is 4. The number of rotatable bonds is 8. The van der Waals surface area contributed by atoms with Crippen molar-refractivity contribution in [3.63, 3.8) is 0 Å². The average Bonchev–Trinajstić information content (AvgIpc) is 2.37. The van der Waals surface area contributed by atoms with Crippen LogP contribution >= 0.6 is 0 Å². The van der Waals surface area contributed by atoms with Crippen molar-refractivity contribution in [1.29, 1.82) is 0 Å². The van der Waals surface area contributed by atoms with Crippen molar-refractivity contribution < 1.29 is 4.74 Å². The molecule has 0 spiro atoms. The first-order chi connectivity index (χ1) is 9.40. The second-order valence-corrected chi connectivity index (χ2v) is 5.77. The number of benzene rings is 1. The Bertz CT molecular complexity index is 405. The smallest absolute Gasteiger partial charge is 0.144 e. The molecule has 1 aromatic rings. The topological polar surface area (TPSA) is 50.5 Å². The largest absolute Gasteiger partial charge is 0.489 e. The quantitative estimate of drug-likeness (QED) is 0.567. The molecular weight excluding hydrogens is 250 g/mol. The molecule has 114 valence electrons. The first-order valence-corrected chi connectivity index (χ1v) is 7.40. The molecule has 3 N–H and O–H groups in total. The van der Waals surface area contributed by atoms with Gasteiger partial charge in [0, 0.05) is 24.3 Å². The Morgan fingerprint density at radius 1 is 1.25 bits per heavy atom. The lowest BCUT2D eigenvalue weighted by Crippen LogP contribution is -2.28. The summed E-state index contributed by atoms with van der Waals surface area (Å²) in [6.07, 6.45) is 1.24. The molecule has 1 rings (SSSR count). The second kappa shape index (κ2) is 8.00. The van der Waals surface area contributed by atoms with E-state index in [-0.39, 0.29) is 6.10 Å². The number of ether oxygens (including phenoxy) is 1. The van der Waals surface area contributed by atoms with E-state index < -0.39 is 0 Å². The Balaban J connectivity index is 2.44. The zero-order chi connectivity index (χ0) is 15.1. The van der Waals surface area contributed by atoms with E-state index in [9.17, 15) is 0 Å². The SMILES string of the molecule is CC(C)Oc1cc(NCCCN(C)C(C)C)ccc1N. The molecule has 1 aromatic carbocycles. The van der Waals surface area contributed by atoms with E-state index in [1.807, 2.05) is 32.0 Å². The second-order valence-electron chi connectivity index (χ2n) is 5.77. The van der Waals surface area contributed by atoms with Gasteiger partial charge in [-0.05, 0) is 59.8 Å². The van der Waals surface area contributed by atoms with E-state index in [0.717, 1.165) is 30.9 Å². The number of anilines is 2. The summed E-state index contributed by atoms with van der Waals surface area (Å²) in [5, 5.41) is 3.42. The third-order valence-corrected chi connectivity index (χ3v) is 3.27. The first-order valence-electron chi connectivity index (χ1n) is 7.40. The molecule has 0 amide bonds. The predicted molar refractivity (Wildman–Crippen MR) is 87.5 cm³/mol.